The number of carbonyl (C=O) groups is 1. The van der Waals surface area contributed by atoms with Crippen molar-refractivity contribution in [3.63, 3.8) is 0 Å². The molecule has 0 saturated heterocycles. The van der Waals surface area contributed by atoms with E-state index in [-0.39, 0.29) is 16.5 Å². The molecule has 1 aromatic heterocycles. The standard InChI is InChI=1S/C20H27O4PS/c1-7-24-25(23,16-9-8-13(2)10-14(16)3)12-15-11-17(20(4,5)6)26-18(15)19(21)22/h8-11H,7,12H2,1-6H3,(H,21,22). The molecule has 1 unspecified atom stereocenters. The van der Waals surface area contributed by atoms with Gasteiger partial charge in [0.15, 0.2) is 0 Å². The molecule has 0 saturated carbocycles. The van der Waals surface area contributed by atoms with Crippen LogP contribution in [0.5, 0.6) is 0 Å². The largest absolute Gasteiger partial charge is 0.477 e. The van der Waals surface area contributed by atoms with Crippen LogP contribution in [0.4, 0.5) is 0 Å². The van der Waals surface area contributed by atoms with Gasteiger partial charge in [-0.3, -0.25) is 4.57 Å². The molecule has 1 N–H and O–H groups in total. The fraction of sp³-hybridized carbons (Fsp3) is 0.450. The van der Waals surface area contributed by atoms with Gasteiger partial charge in [0.1, 0.15) is 4.88 Å². The Morgan fingerprint density at radius 2 is 1.88 bits per heavy atom. The number of rotatable bonds is 6. The summed E-state index contributed by atoms with van der Waals surface area (Å²) in [6, 6.07) is 7.62. The number of carboxylic acids is 1. The third kappa shape index (κ3) is 4.46. The van der Waals surface area contributed by atoms with E-state index >= 15 is 0 Å². The van der Waals surface area contributed by atoms with Crippen molar-refractivity contribution in [2.75, 3.05) is 6.61 Å². The van der Waals surface area contributed by atoms with Gasteiger partial charge in [-0.1, -0.05) is 38.5 Å². The molecule has 2 rings (SSSR count). The smallest absolute Gasteiger partial charge is 0.346 e. The first kappa shape index (κ1) is 20.9. The lowest BCUT2D eigenvalue weighted by Gasteiger charge is -2.20. The summed E-state index contributed by atoms with van der Waals surface area (Å²) in [4.78, 5) is 12.9. The second kappa shape index (κ2) is 7.67. The summed E-state index contributed by atoms with van der Waals surface area (Å²) in [5.41, 5.74) is 2.42. The zero-order valence-electron chi connectivity index (χ0n) is 16.3. The Kier molecular flexibility index (Phi) is 6.17. The highest BCUT2D eigenvalue weighted by molar-refractivity contribution is 7.66. The van der Waals surface area contributed by atoms with Crippen LogP contribution in [0.15, 0.2) is 24.3 Å². The van der Waals surface area contributed by atoms with Gasteiger partial charge >= 0.3 is 5.97 Å². The molecule has 0 spiro atoms. The van der Waals surface area contributed by atoms with Crippen LogP contribution in [0.2, 0.25) is 0 Å². The Morgan fingerprint density at radius 3 is 2.38 bits per heavy atom. The first-order valence-electron chi connectivity index (χ1n) is 8.66. The van der Waals surface area contributed by atoms with Gasteiger partial charge in [-0.15, -0.1) is 11.3 Å². The fourth-order valence-electron chi connectivity index (χ4n) is 2.92. The SMILES string of the molecule is CCOP(=O)(Cc1cc(C(C)(C)C)sc1C(=O)O)c1ccc(C)cc1C. The zero-order chi connectivity index (χ0) is 19.7. The molecule has 0 aliphatic rings. The van der Waals surface area contributed by atoms with Crippen LogP contribution in [0, 0.1) is 13.8 Å². The number of hydrogen-bond acceptors (Lipinski definition) is 4. The van der Waals surface area contributed by atoms with Crippen LogP contribution in [-0.4, -0.2) is 17.7 Å². The second-order valence-electron chi connectivity index (χ2n) is 7.56. The Hall–Kier alpha value is -1.42. The van der Waals surface area contributed by atoms with Crippen molar-refractivity contribution in [2.45, 2.75) is 53.1 Å². The maximum absolute atomic E-state index is 13.7. The average molecular weight is 394 g/mol. The third-order valence-corrected chi connectivity index (χ3v) is 8.44. The summed E-state index contributed by atoms with van der Waals surface area (Å²) in [6.07, 6.45) is 0.0962. The molecule has 142 valence electrons. The summed E-state index contributed by atoms with van der Waals surface area (Å²) >= 11 is 1.26. The van der Waals surface area contributed by atoms with E-state index in [4.69, 9.17) is 4.52 Å². The Balaban J connectivity index is 2.55. The average Bonchev–Trinajstić information content (AvgIpc) is 2.91. The molecular weight excluding hydrogens is 367 g/mol. The van der Waals surface area contributed by atoms with E-state index in [0.29, 0.717) is 17.5 Å². The second-order valence-corrected chi connectivity index (χ2v) is 11.0. The van der Waals surface area contributed by atoms with Gasteiger partial charge in [0.05, 0.1) is 12.8 Å². The molecule has 1 atom stereocenters. The Bertz CT molecular complexity index is 861. The van der Waals surface area contributed by atoms with E-state index in [9.17, 15) is 14.5 Å². The summed E-state index contributed by atoms with van der Waals surface area (Å²) < 4.78 is 19.5. The van der Waals surface area contributed by atoms with Crippen LogP contribution >= 0.6 is 18.7 Å². The lowest BCUT2D eigenvalue weighted by molar-refractivity contribution is 0.0701. The third-order valence-electron chi connectivity index (χ3n) is 4.18. The van der Waals surface area contributed by atoms with Crippen LogP contribution < -0.4 is 5.30 Å². The normalized spacial score (nSPS) is 14.2. The van der Waals surface area contributed by atoms with Crippen LogP contribution in [0.3, 0.4) is 0 Å². The first-order chi connectivity index (χ1) is 12.0. The highest BCUT2D eigenvalue weighted by Crippen LogP contribution is 2.51. The van der Waals surface area contributed by atoms with Crippen molar-refractivity contribution in [1.29, 1.82) is 0 Å². The minimum Gasteiger partial charge on any atom is -0.477 e. The molecule has 0 amide bonds. The predicted octanol–water partition coefficient (Wildman–Crippen LogP) is 5.50. The van der Waals surface area contributed by atoms with Crippen LogP contribution in [0.1, 0.15) is 58.9 Å². The number of hydrogen-bond donors (Lipinski definition) is 1. The topological polar surface area (TPSA) is 63.6 Å². The molecule has 26 heavy (non-hydrogen) atoms. The molecule has 0 radical (unpaired) electrons. The highest BCUT2D eigenvalue weighted by Gasteiger charge is 2.32. The van der Waals surface area contributed by atoms with E-state index in [1.54, 1.807) is 0 Å². The van der Waals surface area contributed by atoms with Crippen LogP contribution in [0.25, 0.3) is 0 Å². The minimum atomic E-state index is -3.21. The monoisotopic (exact) mass is 394 g/mol. The van der Waals surface area contributed by atoms with Gasteiger partial charge in [0, 0.05) is 10.2 Å². The molecule has 0 bridgehead atoms. The number of benzene rings is 1. The Labute approximate surface area is 159 Å². The molecule has 4 nitrogen and oxygen atoms in total. The quantitative estimate of drug-likeness (QED) is 0.657. The molecule has 0 fully saturated rings. The maximum atomic E-state index is 13.7. The van der Waals surface area contributed by atoms with Crippen molar-refractivity contribution in [1.82, 2.24) is 0 Å². The predicted molar refractivity (Wildman–Crippen MR) is 108 cm³/mol. The van der Waals surface area contributed by atoms with Crippen molar-refractivity contribution in [3.05, 3.63) is 50.7 Å². The summed E-state index contributed by atoms with van der Waals surface area (Å²) in [5, 5.41) is 10.3. The van der Waals surface area contributed by atoms with Gasteiger partial charge in [-0.2, -0.15) is 0 Å². The van der Waals surface area contributed by atoms with Gasteiger partial charge in [-0.05, 0) is 49.4 Å². The summed E-state index contributed by atoms with van der Waals surface area (Å²) in [6.45, 7) is 12.1. The Morgan fingerprint density at radius 1 is 1.23 bits per heavy atom. The van der Waals surface area contributed by atoms with E-state index in [1.165, 1.54) is 11.3 Å². The fourth-order valence-corrected chi connectivity index (χ4v) is 6.52. The maximum Gasteiger partial charge on any atom is 0.346 e. The van der Waals surface area contributed by atoms with E-state index < -0.39 is 13.3 Å². The van der Waals surface area contributed by atoms with Gasteiger partial charge in [-0.25, -0.2) is 4.79 Å². The van der Waals surface area contributed by atoms with Crippen molar-refractivity contribution < 1.29 is 19.0 Å². The van der Waals surface area contributed by atoms with Gasteiger partial charge < -0.3 is 9.63 Å². The van der Waals surface area contributed by atoms with E-state index in [1.807, 2.05) is 65.8 Å². The molecule has 2 aromatic rings. The lowest BCUT2D eigenvalue weighted by atomic mass is 9.94. The molecule has 1 aromatic carbocycles. The first-order valence-corrected chi connectivity index (χ1v) is 11.3. The molecule has 1 heterocycles. The number of aryl methyl sites for hydroxylation is 2. The van der Waals surface area contributed by atoms with Gasteiger partial charge in [0.2, 0.25) is 7.37 Å². The lowest BCUT2D eigenvalue weighted by Crippen LogP contribution is -2.14. The molecule has 0 aliphatic carbocycles. The molecule has 6 heteroatoms. The zero-order valence-corrected chi connectivity index (χ0v) is 18.0. The van der Waals surface area contributed by atoms with E-state index in [0.717, 1.165) is 16.0 Å². The summed E-state index contributed by atoms with van der Waals surface area (Å²) in [7, 11) is -3.21. The van der Waals surface area contributed by atoms with Gasteiger partial charge in [0.25, 0.3) is 0 Å². The highest BCUT2D eigenvalue weighted by atomic mass is 32.1. The number of thiophene rings is 1. The van der Waals surface area contributed by atoms with Crippen molar-refractivity contribution >= 4 is 30.0 Å². The van der Waals surface area contributed by atoms with Crippen molar-refractivity contribution in [2.24, 2.45) is 0 Å². The van der Waals surface area contributed by atoms with Crippen LogP contribution in [-0.2, 0) is 20.7 Å². The number of carboxylic acid groups (broad SMARTS) is 1. The molecular formula is C20H27O4PS. The van der Waals surface area contributed by atoms with E-state index in [2.05, 4.69) is 0 Å². The summed E-state index contributed by atoms with van der Waals surface area (Å²) in [5.74, 6) is -0.982. The minimum absolute atomic E-state index is 0.0962. The van der Waals surface area contributed by atoms with Crippen molar-refractivity contribution in [3.8, 4) is 0 Å². The molecule has 0 aliphatic heterocycles. The number of aromatic carboxylic acids is 1.